The fourth-order valence-corrected chi connectivity index (χ4v) is 6.51. The van der Waals surface area contributed by atoms with E-state index in [0.717, 1.165) is 42.1 Å². The van der Waals surface area contributed by atoms with Crippen molar-refractivity contribution in [3.8, 4) is 17.6 Å². The molecule has 0 atom stereocenters. The van der Waals surface area contributed by atoms with Crippen LogP contribution in [0.3, 0.4) is 0 Å². The Kier molecular flexibility index (Phi) is 11.4. The maximum atomic E-state index is 14.7. The number of hydrogen-bond donors (Lipinski definition) is 3. The minimum Gasteiger partial charge on any atom is -0.489 e. The van der Waals surface area contributed by atoms with E-state index in [9.17, 15) is 22.4 Å². The molecule has 2 aromatic carbocycles. The zero-order chi connectivity index (χ0) is 31.9. The Bertz CT molecular complexity index is 1510. The van der Waals surface area contributed by atoms with Gasteiger partial charge in [-0.3, -0.25) is 4.79 Å². The van der Waals surface area contributed by atoms with E-state index in [1.807, 2.05) is 6.07 Å². The second-order valence-electron chi connectivity index (χ2n) is 10.9. The van der Waals surface area contributed by atoms with E-state index in [0.29, 0.717) is 16.3 Å². The first-order valence-corrected chi connectivity index (χ1v) is 15.3. The highest BCUT2D eigenvalue weighted by Gasteiger charge is 2.31. The maximum absolute atomic E-state index is 14.7. The van der Waals surface area contributed by atoms with Crippen LogP contribution in [0, 0.1) is 17.7 Å². The Balaban J connectivity index is 1.58. The third kappa shape index (κ3) is 8.55. The first-order chi connectivity index (χ1) is 21.0. The Hall–Kier alpha value is -3.53. The number of thiophene rings is 1. The van der Waals surface area contributed by atoms with Gasteiger partial charge in [-0.05, 0) is 62.9 Å². The van der Waals surface area contributed by atoms with Crippen LogP contribution in [0.25, 0.3) is 10.1 Å². The number of carbonyl (C=O) groups is 1. The third-order valence-electron chi connectivity index (χ3n) is 7.64. The van der Waals surface area contributed by atoms with E-state index in [-0.39, 0.29) is 48.4 Å². The SMILES string of the molecule is CNC(=O)c1cc(OCCOC)c(NCC#Cc2sc3c(NC4CCC(N(C)C)CC4)cccc3c2CC(F)(F)F)cc1F. The van der Waals surface area contributed by atoms with Gasteiger partial charge in [0, 0.05) is 32.3 Å². The number of amides is 1. The number of alkyl halides is 3. The molecule has 0 radical (unpaired) electrons. The molecule has 0 bridgehead atoms. The lowest BCUT2D eigenvalue weighted by atomic mass is 9.90. The highest BCUT2D eigenvalue weighted by Crippen LogP contribution is 2.40. The minimum absolute atomic E-state index is 0.000670. The number of benzene rings is 2. The van der Waals surface area contributed by atoms with Crippen LogP contribution in [0.15, 0.2) is 30.3 Å². The van der Waals surface area contributed by atoms with Crippen molar-refractivity contribution in [2.75, 3.05) is 58.6 Å². The monoisotopic (exact) mass is 634 g/mol. The predicted octanol–water partition coefficient (Wildman–Crippen LogP) is 6.28. The lowest BCUT2D eigenvalue weighted by molar-refractivity contribution is -0.126. The van der Waals surface area contributed by atoms with Gasteiger partial charge in [-0.25, -0.2) is 4.39 Å². The Labute approximate surface area is 259 Å². The molecule has 238 valence electrons. The van der Waals surface area contributed by atoms with Crippen LogP contribution in [0.4, 0.5) is 28.9 Å². The molecule has 12 heteroatoms. The number of ether oxygens (including phenoxy) is 2. The van der Waals surface area contributed by atoms with Crippen molar-refractivity contribution in [1.82, 2.24) is 10.2 Å². The molecular weight excluding hydrogens is 596 g/mol. The lowest BCUT2D eigenvalue weighted by Crippen LogP contribution is -2.36. The van der Waals surface area contributed by atoms with Crippen LogP contribution in [-0.2, 0) is 11.2 Å². The second-order valence-corrected chi connectivity index (χ2v) is 11.9. The summed E-state index contributed by atoms with van der Waals surface area (Å²) >= 11 is 1.24. The van der Waals surface area contributed by atoms with Gasteiger partial charge in [0.25, 0.3) is 5.91 Å². The highest BCUT2D eigenvalue weighted by atomic mass is 32.1. The molecule has 1 heterocycles. The van der Waals surface area contributed by atoms with E-state index in [1.54, 1.807) is 12.1 Å². The van der Waals surface area contributed by atoms with Crippen molar-refractivity contribution in [3.05, 3.63) is 52.2 Å². The number of anilines is 2. The summed E-state index contributed by atoms with van der Waals surface area (Å²) in [5.41, 5.74) is 1.03. The minimum atomic E-state index is -4.41. The molecule has 1 aliphatic rings. The third-order valence-corrected chi connectivity index (χ3v) is 8.83. The number of halogens is 4. The summed E-state index contributed by atoms with van der Waals surface area (Å²) in [6.07, 6.45) is -1.40. The van der Waals surface area contributed by atoms with Gasteiger partial charge in [0.05, 0.1) is 46.1 Å². The van der Waals surface area contributed by atoms with Crippen molar-refractivity contribution in [2.45, 2.75) is 50.4 Å². The summed E-state index contributed by atoms with van der Waals surface area (Å²) in [4.78, 5) is 14.6. The van der Waals surface area contributed by atoms with Gasteiger partial charge in [0.2, 0.25) is 0 Å². The lowest BCUT2D eigenvalue weighted by Gasteiger charge is -2.33. The van der Waals surface area contributed by atoms with E-state index in [4.69, 9.17) is 9.47 Å². The van der Waals surface area contributed by atoms with Crippen LogP contribution in [-0.4, -0.2) is 77.1 Å². The smallest absolute Gasteiger partial charge is 0.393 e. The van der Waals surface area contributed by atoms with Crippen molar-refractivity contribution in [1.29, 1.82) is 0 Å². The number of carbonyl (C=O) groups excluding carboxylic acids is 1. The van der Waals surface area contributed by atoms with Gasteiger partial charge >= 0.3 is 6.18 Å². The quantitative estimate of drug-likeness (QED) is 0.131. The molecule has 4 rings (SSSR count). The average molecular weight is 635 g/mol. The number of nitrogens with zero attached hydrogens (tertiary/aromatic N) is 1. The number of fused-ring (bicyclic) bond motifs is 1. The first-order valence-electron chi connectivity index (χ1n) is 14.4. The van der Waals surface area contributed by atoms with E-state index in [2.05, 4.69) is 46.8 Å². The Morgan fingerprint density at radius 3 is 2.52 bits per heavy atom. The molecule has 44 heavy (non-hydrogen) atoms. The summed E-state index contributed by atoms with van der Waals surface area (Å²) in [6, 6.07) is 8.61. The van der Waals surface area contributed by atoms with Crippen molar-refractivity contribution >= 4 is 38.7 Å². The van der Waals surface area contributed by atoms with Gasteiger partial charge in [0.1, 0.15) is 18.2 Å². The van der Waals surface area contributed by atoms with Gasteiger partial charge in [-0.2, -0.15) is 13.2 Å². The summed E-state index contributed by atoms with van der Waals surface area (Å²) in [5, 5.41) is 9.48. The van der Waals surface area contributed by atoms with E-state index >= 15 is 0 Å². The van der Waals surface area contributed by atoms with Crippen LogP contribution >= 0.6 is 11.3 Å². The van der Waals surface area contributed by atoms with Crippen LogP contribution in [0.2, 0.25) is 0 Å². The fraction of sp³-hybridized carbons (Fsp3) is 0.469. The van der Waals surface area contributed by atoms with Crippen LogP contribution < -0.4 is 20.7 Å². The topological polar surface area (TPSA) is 74.9 Å². The van der Waals surface area contributed by atoms with Crippen LogP contribution in [0.1, 0.15) is 46.5 Å². The molecule has 1 fully saturated rings. The molecule has 0 aliphatic heterocycles. The zero-order valence-corrected chi connectivity index (χ0v) is 26.1. The number of nitrogens with one attached hydrogen (secondary N) is 3. The molecule has 0 saturated heterocycles. The van der Waals surface area contributed by atoms with Crippen LogP contribution in [0.5, 0.6) is 5.75 Å². The summed E-state index contributed by atoms with van der Waals surface area (Å²) in [5.74, 6) is 4.67. The first kappa shape index (κ1) is 33.4. The van der Waals surface area contributed by atoms with Crippen molar-refractivity contribution < 1.29 is 31.8 Å². The Morgan fingerprint density at radius 2 is 1.86 bits per heavy atom. The largest absolute Gasteiger partial charge is 0.489 e. The molecule has 3 aromatic rings. The van der Waals surface area contributed by atoms with E-state index in [1.165, 1.54) is 31.6 Å². The molecule has 0 spiro atoms. The highest BCUT2D eigenvalue weighted by molar-refractivity contribution is 7.20. The van der Waals surface area contributed by atoms with E-state index < -0.39 is 24.3 Å². The number of methoxy groups -OCH3 is 1. The maximum Gasteiger partial charge on any atom is 0.393 e. The normalized spacial score (nSPS) is 16.8. The average Bonchev–Trinajstić information content (AvgIpc) is 3.32. The summed E-state index contributed by atoms with van der Waals surface area (Å²) < 4.78 is 67.1. The number of rotatable bonds is 11. The molecular formula is C32H38F4N4O3S. The Morgan fingerprint density at radius 1 is 1.11 bits per heavy atom. The van der Waals surface area contributed by atoms with Gasteiger partial charge in [0.15, 0.2) is 0 Å². The molecule has 0 unspecified atom stereocenters. The van der Waals surface area contributed by atoms with Crippen molar-refractivity contribution in [3.63, 3.8) is 0 Å². The molecule has 3 N–H and O–H groups in total. The molecule has 1 saturated carbocycles. The number of hydrogen-bond acceptors (Lipinski definition) is 7. The fourth-order valence-electron chi connectivity index (χ4n) is 5.34. The summed E-state index contributed by atoms with van der Waals surface area (Å²) in [6.45, 7) is 0.430. The van der Waals surface area contributed by atoms with Gasteiger partial charge in [-0.15, -0.1) is 11.3 Å². The van der Waals surface area contributed by atoms with Gasteiger partial charge in [-0.1, -0.05) is 24.0 Å². The molecule has 1 aromatic heterocycles. The molecule has 1 amide bonds. The predicted molar refractivity (Wildman–Crippen MR) is 167 cm³/mol. The second kappa shape index (κ2) is 15.0. The summed E-state index contributed by atoms with van der Waals surface area (Å²) in [7, 11) is 7.07. The zero-order valence-electron chi connectivity index (χ0n) is 25.3. The molecule has 1 aliphatic carbocycles. The standard InChI is InChI=1S/C32H38F4N4O3S/c1-37-31(41)23-17-28(43-16-15-42-4)27(18-25(23)33)38-14-6-9-29-24(19-32(34,35)36)22-7-5-8-26(30(22)44-29)39-20-10-12-21(13-11-20)40(2)3/h5,7-8,17-18,20-21,38-39H,10-16,19H2,1-4H3,(H,37,41). The van der Waals surface area contributed by atoms with Gasteiger partial charge < -0.3 is 30.3 Å². The molecule has 7 nitrogen and oxygen atoms in total. The van der Waals surface area contributed by atoms with Crippen molar-refractivity contribution in [2.24, 2.45) is 0 Å².